The lowest BCUT2D eigenvalue weighted by Crippen LogP contribution is -2.45. The van der Waals surface area contributed by atoms with E-state index in [-0.39, 0.29) is 5.91 Å². The molecule has 4 heteroatoms. The van der Waals surface area contributed by atoms with E-state index in [9.17, 15) is 4.79 Å². The molecule has 32 heavy (non-hydrogen) atoms. The third-order valence-electron chi connectivity index (χ3n) is 6.95. The summed E-state index contributed by atoms with van der Waals surface area (Å²) in [5.74, 6) is 3.16. The normalized spacial score (nSPS) is 22.4. The van der Waals surface area contributed by atoms with E-state index in [1.807, 2.05) is 54.6 Å². The van der Waals surface area contributed by atoms with Crippen molar-refractivity contribution in [2.45, 2.75) is 19.4 Å². The second kappa shape index (κ2) is 9.58. The first kappa shape index (κ1) is 20.8. The van der Waals surface area contributed by atoms with Crippen molar-refractivity contribution in [3.8, 4) is 11.5 Å². The lowest BCUT2D eigenvalue weighted by molar-refractivity contribution is 0.0855. The molecule has 1 N–H and O–H groups in total. The fraction of sp³-hybridized carbons (Fsp3) is 0.321. The van der Waals surface area contributed by atoms with E-state index in [1.165, 1.54) is 18.4 Å². The number of nitrogens with zero attached hydrogens (tertiary/aromatic N) is 1. The number of fused-ring (bicyclic) bond motifs is 2. The topological polar surface area (TPSA) is 41.6 Å². The number of nitrogens with one attached hydrogen (secondary N) is 1. The third-order valence-corrected chi connectivity index (χ3v) is 6.95. The number of amides is 1. The third kappa shape index (κ3) is 4.71. The Balaban J connectivity index is 1.19. The molecule has 1 saturated heterocycles. The highest BCUT2D eigenvalue weighted by atomic mass is 16.5. The van der Waals surface area contributed by atoms with Crippen LogP contribution in [0.4, 0.5) is 0 Å². The number of likely N-dealkylation sites (tertiary alicyclic amines) is 1. The quantitative estimate of drug-likeness (QED) is 0.552. The number of carbonyl (C=O) groups excluding carboxylic acids is 1. The molecule has 164 valence electrons. The second-order valence-electron chi connectivity index (χ2n) is 9.06. The molecule has 2 fully saturated rings. The summed E-state index contributed by atoms with van der Waals surface area (Å²) >= 11 is 0. The molecule has 4 nitrogen and oxygen atoms in total. The zero-order chi connectivity index (χ0) is 21.8. The van der Waals surface area contributed by atoms with Crippen LogP contribution in [0.1, 0.15) is 28.8 Å². The van der Waals surface area contributed by atoms with Gasteiger partial charge in [0.05, 0.1) is 5.56 Å². The Morgan fingerprint density at radius 3 is 2.19 bits per heavy atom. The first-order chi connectivity index (χ1) is 15.8. The van der Waals surface area contributed by atoms with Gasteiger partial charge in [0.1, 0.15) is 11.5 Å². The molecule has 0 spiro atoms. The Labute approximate surface area is 190 Å². The molecule has 1 amide bonds. The zero-order valence-corrected chi connectivity index (χ0v) is 18.3. The van der Waals surface area contributed by atoms with Crippen LogP contribution in [0.15, 0.2) is 84.9 Å². The summed E-state index contributed by atoms with van der Waals surface area (Å²) in [6.07, 6.45) is 2.54. The average molecular weight is 427 g/mol. The van der Waals surface area contributed by atoms with Crippen LogP contribution in [0.2, 0.25) is 0 Å². The lowest BCUT2D eigenvalue weighted by Gasteiger charge is -2.38. The first-order valence-corrected chi connectivity index (χ1v) is 11.6. The number of benzene rings is 3. The molecule has 2 atom stereocenters. The van der Waals surface area contributed by atoms with Crippen molar-refractivity contribution in [3.63, 3.8) is 0 Å². The fourth-order valence-electron chi connectivity index (χ4n) is 5.40. The molecule has 1 saturated carbocycles. The van der Waals surface area contributed by atoms with Crippen LogP contribution in [-0.2, 0) is 6.54 Å². The van der Waals surface area contributed by atoms with E-state index >= 15 is 0 Å². The van der Waals surface area contributed by atoms with Crippen LogP contribution in [0.25, 0.3) is 0 Å². The van der Waals surface area contributed by atoms with Gasteiger partial charge in [-0.1, -0.05) is 60.7 Å². The summed E-state index contributed by atoms with van der Waals surface area (Å²) in [4.78, 5) is 15.6. The van der Waals surface area contributed by atoms with Crippen molar-refractivity contribution in [2.75, 3.05) is 19.6 Å². The summed E-state index contributed by atoms with van der Waals surface area (Å²) in [5.41, 5.74) is 1.97. The Hall–Kier alpha value is -3.11. The molecule has 2 bridgehead atoms. The van der Waals surface area contributed by atoms with Gasteiger partial charge in [0.25, 0.3) is 5.91 Å². The number of carbonyl (C=O) groups is 1. The van der Waals surface area contributed by atoms with Gasteiger partial charge in [-0.15, -0.1) is 0 Å². The van der Waals surface area contributed by atoms with Crippen LogP contribution in [0, 0.1) is 17.8 Å². The molecule has 0 aromatic heterocycles. The predicted octanol–water partition coefficient (Wildman–Crippen LogP) is 5.37. The number of ether oxygens (including phenoxy) is 1. The van der Waals surface area contributed by atoms with Crippen LogP contribution >= 0.6 is 0 Å². The highest BCUT2D eigenvalue weighted by Gasteiger charge is 2.41. The van der Waals surface area contributed by atoms with Crippen molar-refractivity contribution in [3.05, 3.63) is 96.1 Å². The zero-order valence-electron chi connectivity index (χ0n) is 18.3. The van der Waals surface area contributed by atoms with Crippen LogP contribution in [0.5, 0.6) is 11.5 Å². The summed E-state index contributed by atoms with van der Waals surface area (Å²) in [7, 11) is 0. The molecule has 2 aliphatic rings. The van der Waals surface area contributed by atoms with E-state index in [2.05, 4.69) is 40.5 Å². The van der Waals surface area contributed by atoms with Crippen molar-refractivity contribution >= 4 is 5.91 Å². The molecule has 3 aromatic rings. The minimum atomic E-state index is -0.0531. The van der Waals surface area contributed by atoms with Gasteiger partial charge >= 0.3 is 0 Å². The Bertz CT molecular complexity index is 1020. The summed E-state index contributed by atoms with van der Waals surface area (Å²) in [6.45, 7) is 4.02. The predicted molar refractivity (Wildman–Crippen MR) is 127 cm³/mol. The summed E-state index contributed by atoms with van der Waals surface area (Å²) in [5, 5.41) is 3.22. The maximum Gasteiger partial charge on any atom is 0.255 e. The maximum atomic E-state index is 13.0. The highest BCUT2D eigenvalue weighted by molar-refractivity contribution is 5.97. The molecule has 3 aromatic carbocycles. The summed E-state index contributed by atoms with van der Waals surface area (Å²) < 4.78 is 5.98. The van der Waals surface area contributed by atoms with Crippen molar-refractivity contribution in [2.24, 2.45) is 17.8 Å². The molecule has 1 heterocycles. The van der Waals surface area contributed by atoms with Crippen molar-refractivity contribution in [1.29, 1.82) is 0 Å². The number of rotatable bonds is 7. The number of hydrogen-bond donors (Lipinski definition) is 1. The Morgan fingerprint density at radius 2 is 1.47 bits per heavy atom. The molecule has 0 radical (unpaired) electrons. The maximum absolute atomic E-state index is 13.0. The first-order valence-electron chi connectivity index (χ1n) is 11.6. The van der Waals surface area contributed by atoms with Gasteiger partial charge in [-0.25, -0.2) is 0 Å². The van der Waals surface area contributed by atoms with E-state index < -0.39 is 0 Å². The molecule has 5 rings (SSSR count). The standard InChI is InChI=1S/C28H30N2O2/c31-28(25-13-7-8-14-27(25)32-24-11-5-2-6-12-24)29-17-26-22-15-16-23(26)20-30(19-22)18-21-9-3-1-4-10-21/h1-14,22-23,26H,15-20H2,(H,29,31). The largest absolute Gasteiger partial charge is 0.457 e. The molecule has 1 aliphatic heterocycles. The van der Waals surface area contributed by atoms with Crippen LogP contribution in [-0.4, -0.2) is 30.4 Å². The van der Waals surface area contributed by atoms with Crippen LogP contribution in [0.3, 0.4) is 0 Å². The van der Waals surface area contributed by atoms with Gasteiger partial charge < -0.3 is 10.1 Å². The monoisotopic (exact) mass is 426 g/mol. The Kier molecular flexibility index (Phi) is 6.22. The molecular formula is C28H30N2O2. The van der Waals surface area contributed by atoms with Crippen molar-refractivity contribution < 1.29 is 9.53 Å². The molecule has 1 aliphatic carbocycles. The van der Waals surface area contributed by atoms with Gasteiger partial charge in [-0.2, -0.15) is 0 Å². The van der Waals surface area contributed by atoms with Gasteiger partial charge in [-0.3, -0.25) is 9.69 Å². The Morgan fingerprint density at radius 1 is 0.844 bits per heavy atom. The second-order valence-corrected chi connectivity index (χ2v) is 9.06. The highest BCUT2D eigenvalue weighted by Crippen LogP contribution is 2.42. The summed E-state index contributed by atoms with van der Waals surface area (Å²) in [6, 6.07) is 27.8. The van der Waals surface area contributed by atoms with Gasteiger partial charge in [-0.05, 0) is 60.4 Å². The average Bonchev–Trinajstić information content (AvgIpc) is 3.07. The van der Waals surface area contributed by atoms with Gasteiger partial charge in [0.2, 0.25) is 0 Å². The molecule has 2 unspecified atom stereocenters. The van der Waals surface area contributed by atoms with E-state index in [0.29, 0.717) is 29.1 Å². The number of piperidine rings is 1. The minimum absolute atomic E-state index is 0.0531. The lowest BCUT2D eigenvalue weighted by atomic mass is 9.84. The number of para-hydroxylation sites is 2. The fourth-order valence-corrected chi connectivity index (χ4v) is 5.40. The molecular weight excluding hydrogens is 396 g/mol. The SMILES string of the molecule is O=C(NCC1C2CCC1CN(Cc1ccccc1)C2)c1ccccc1Oc1ccccc1. The van der Waals surface area contributed by atoms with E-state index in [1.54, 1.807) is 0 Å². The van der Waals surface area contributed by atoms with Crippen LogP contribution < -0.4 is 10.1 Å². The smallest absolute Gasteiger partial charge is 0.255 e. The van der Waals surface area contributed by atoms with Gasteiger partial charge in [0, 0.05) is 26.2 Å². The van der Waals surface area contributed by atoms with Gasteiger partial charge in [0.15, 0.2) is 0 Å². The van der Waals surface area contributed by atoms with E-state index in [0.717, 1.165) is 31.9 Å². The minimum Gasteiger partial charge on any atom is -0.457 e. The van der Waals surface area contributed by atoms with Crippen molar-refractivity contribution in [1.82, 2.24) is 10.2 Å². The van der Waals surface area contributed by atoms with E-state index in [4.69, 9.17) is 4.74 Å². The number of hydrogen-bond acceptors (Lipinski definition) is 3.